The van der Waals surface area contributed by atoms with E-state index in [1.807, 2.05) is 6.92 Å². The first-order chi connectivity index (χ1) is 5.13. The molecule has 0 aromatic carbocycles. The predicted molar refractivity (Wildman–Crippen MR) is 45.0 cm³/mol. The highest BCUT2D eigenvalue weighted by molar-refractivity contribution is 7.07. The summed E-state index contributed by atoms with van der Waals surface area (Å²) in [7, 11) is 0. The van der Waals surface area contributed by atoms with Gasteiger partial charge in [0.05, 0.1) is 12.1 Å². The van der Waals surface area contributed by atoms with Gasteiger partial charge in [-0.1, -0.05) is 11.3 Å². The van der Waals surface area contributed by atoms with Crippen molar-refractivity contribution >= 4 is 11.3 Å². The first-order valence-electron chi connectivity index (χ1n) is 3.46. The topological polar surface area (TPSA) is 42.2 Å². The minimum absolute atomic E-state index is 0.0154. The third-order valence-electron chi connectivity index (χ3n) is 1.74. The van der Waals surface area contributed by atoms with E-state index in [4.69, 9.17) is 5.11 Å². The molecule has 0 saturated heterocycles. The van der Waals surface area contributed by atoms with Crippen LogP contribution in [-0.2, 0) is 0 Å². The van der Waals surface area contributed by atoms with Gasteiger partial charge in [-0.15, -0.1) is 0 Å². The summed E-state index contributed by atoms with van der Waals surface area (Å²) in [5.41, 5.74) is 0. The molecule has 1 aromatic heterocycles. The Morgan fingerprint density at radius 2 is 2.27 bits per heavy atom. The minimum Gasteiger partial charge on any atom is -0.391 e. The van der Waals surface area contributed by atoms with Crippen molar-refractivity contribution in [2.75, 3.05) is 0 Å². The maximum atomic E-state index is 11.0. The summed E-state index contributed by atoms with van der Waals surface area (Å²) < 4.78 is 1.54. The van der Waals surface area contributed by atoms with Crippen molar-refractivity contribution in [3.63, 3.8) is 0 Å². The van der Waals surface area contributed by atoms with Crippen molar-refractivity contribution in [3.8, 4) is 0 Å². The molecule has 11 heavy (non-hydrogen) atoms. The molecule has 1 aromatic rings. The van der Waals surface area contributed by atoms with Crippen LogP contribution >= 0.6 is 11.3 Å². The fraction of sp³-hybridized carbons (Fsp3) is 0.571. The summed E-state index contributed by atoms with van der Waals surface area (Å²) in [6, 6.07) is -0.131. The van der Waals surface area contributed by atoms with Gasteiger partial charge >= 0.3 is 4.87 Å². The second kappa shape index (κ2) is 3.19. The van der Waals surface area contributed by atoms with Crippen LogP contribution in [0.2, 0.25) is 0 Å². The molecule has 0 fully saturated rings. The summed E-state index contributed by atoms with van der Waals surface area (Å²) in [4.78, 5) is 11.0. The van der Waals surface area contributed by atoms with Crippen molar-refractivity contribution in [2.45, 2.75) is 26.0 Å². The predicted octanol–water partition coefficient (Wildman–Crippen LogP) is 0.852. The lowest BCUT2D eigenvalue weighted by atomic mass is 10.2. The fourth-order valence-corrected chi connectivity index (χ4v) is 1.47. The smallest absolute Gasteiger partial charge is 0.307 e. The van der Waals surface area contributed by atoms with Gasteiger partial charge in [0.15, 0.2) is 0 Å². The van der Waals surface area contributed by atoms with Crippen molar-refractivity contribution in [2.24, 2.45) is 0 Å². The average Bonchev–Trinajstić information content (AvgIpc) is 2.33. The monoisotopic (exact) mass is 173 g/mol. The molecule has 62 valence electrons. The van der Waals surface area contributed by atoms with Crippen LogP contribution < -0.4 is 4.87 Å². The van der Waals surface area contributed by atoms with Crippen LogP contribution in [-0.4, -0.2) is 15.8 Å². The van der Waals surface area contributed by atoms with E-state index in [0.717, 1.165) is 11.3 Å². The SMILES string of the molecule is CC(O)C(C)n1ccsc1=O. The van der Waals surface area contributed by atoms with E-state index < -0.39 is 6.10 Å². The molecular formula is C7H11NO2S. The number of aliphatic hydroxyl groups is 1. The Balaban J connectivity index is 2.93. The Kier molecular flexibility index (Phi) is 2.46. The molecule has 0 bridgehead atoms. The molecule has 1 heterocycles. The molecule has 3 nitrogen and oxygen atoms in total. The number of hydrogen-bond acceptors (Lipinski definition) is 3. The van der Waals surface area contributed by atoms with Gasteiger partial charge in [-0.25, -0.2) is 0 Å². The Labute approximate surface area is 68.9 Å². The summed E-state index contributed by atoms with van der Waals surface area (Å²) in [6.45, 7) is 3.49. The fourth-order valence-electron chi connectivity index (χ4n) is 0.810. The zero-order chi connectivity index (χ0) is 8.43. The number of aromatic nitrogens is 1. The van der Waals surface area contributed by atoms with Crippen LogP contribution in [0.25, 0.3) is 0 Å². The normalized spacial score (nSPS) is 16.3. The molecule has 1 N–H and O–H groups in total. The highest BCUT2D eigenvalue weighted by Gasteiger charge is 2.11. The van der Waals surface area contributed by atoms with Crippen LogP contribution in [0, 0.1) is 0 Å². The highest BCUT2D eigenvalue weighted by atomic mass is 32.1. The lowest BCUT2D eigenvalue weighted by Gasteiger charge is -2.14. The van der Waals surface area contributed by atoms with Gasteiger partial charge in [-0.05, 0) is 13.8 Å². The molecule has 0 amide bonds. The molecule has 0 aliphatic heterocycles. The number of thiazole rings is 1. The number of aliphatic hydroxyl groups excluding tert-OH is 1. The van der Waals surface area contributed by atoms with Crippen LogP contribution in [0.15, 0.2) is 16.4 Å². The Morgan fingerprint density at radius 3 is 2.64 bits per heavy atom. The minimum atomic E-state index is -0.484. The van der Waals surface area contributed by atoms with E-state index in [9.17, 15) is 4.79 Å². The second-order valence-electron chi connectivity index (χ2n) is 2.56. The maximum absolute atomic E-state index is 11.0. The third-order valence-corrected chi connectivity index (χ3v) is 2.41. The standard InChI is InChI=1S/C7H11NO2S/c1-5(6(2)9)8-3-4-11-7(8)10/h3-6,9H,1-2H3. The van der Waals surface area contributed by atoms with Crippen molar-refractivity contribution in [3.05, 3.63) is 21.2 Å². The van der Waals surface area contributed by atoms with Gasteiger partial charge in [0.25, 0.3) is 0 Å². The number of nitrogens with zero attached hydrogens (tertiary/aromatic N) is 1. The average molecular weight is 173 g/mol. The summed E-state index contributed by atoms with van der Waals surface area (Å²) in [5.74, 6) is 0. The molecule has 0 saturated carbocycles. The van der Waals surface area contributed by atoms with Crippen molar-refractivity contribution < 1.29 is 5.11 Å². The molecule has 0 aliphatic rings. The van der Waals surface area contributed by atoms with E-state index in [2.05, 4.69) is 0 Å². The zero-order valence-corrected chi connectivity index (χ0v) is 7.34. The molecule has 2 unspecified atom stereocenters. The molecular weight excluding hydrogens is 162 g/mol. The third kappa shape index (κ3) is 1.70. The number of hydrogen-bond donors (Lipinski definition) is 1. The highest BCUT2D eigenvalue weighted by Crippen LogP contribution is 2.08. The molecule has 4 heteroatoms. The van der Waals surface area contributed by atoms with Gasteiger partial charge < -0.3 is 9.67 Å². The largest absolute Gasteiger partial charge is 0.391 e. The van der Waals surface area contributed by atoms with E-state index >= 15 is 0 Å². The Morgan fingerprint density at radius 1 is 1.64 bits per heavy atom. The van der Waals surface area contributed by atoms with Gasteiger partial charge in [0.1, 0.15) is 0 Å². The van der Waals surface area contributed by atoms with E-state index in [1.165, 1.54) is 4.57 Å². The molecule has 2 atom stereocenters. The van der Waals surface area contributed by atoms with E-state index in [0.29, 0.717) is 0 Å². The molecule has 1 rings (SSSR count). The quantitative estimate of drug-likeness (QED) is 0.720. The van der Waals surface area contributed by atoms with Crippen molar-refractivity contribution in [1.82, 2.24) is 4.57 Å². The summed E-state index contributed by atoms with van der Waals surface area (Å²) in [5, 5.41) is 10.9. The van der Waals surface area contributed by atoms with Crippen LogP contribution in [0.1, 0.15) is 19.9 Å². The van der Waals surface area contributed by atoms with E-state index in [1.54, 1.807) is 18.5 Å². The van der Waals surface area contributed by atoms with Gasteiger partial charge in [0.2, 0.25) is 0 Å². The summed E-state index contributed by atoms with van der Waals surface area (Å²) in [6.07, 6.45) is 1.21. The first kappa shape index (κ1) is 8.49. The number of rotatable bonds is 2. The first-order valence-corrected chi connectivity index (χ1v) is 4.34. The van der Waals surface area contributed by atoms with Crippen LogP contribution in [0.4, 0.5) is 0 Å². The van der Waals surface area contributed by atoms with Gasteiger partial charge in [0, 0.05) is 11.6 Å². The second-order valence-corrected chi connectivity index (χ2v) is 3.41. The molecule has 0 aliphatic carbocycles. The van der Waals surface area contributed by atoms with Crippen LogP contribution in [0.3, 0.4) is 0 Å². The van der Waals surface area contributed by atoms with Gasteiger partial charge in [-0.3, -0.25) is 4.79 Å². The molecule has 0 radical (unpaired) electrons. The van der Waals surface area contributed by atoms with Crippen LogP contribution in [0.5, 0.6) is 0 Å². The molecule has 0 spiro atoms. The Bertz CT molecular complexity index is 276. The lowest BCUT2D eigenvalue weighted by Crippen LogP contribution is -2.24. The maximum Gasteiger partial charge on any atom is 0.307 e. The van der Waals surface area contributed by atoms with E-state index in [-0.39, 0.29) is 10.9 Å². The van der Waals surface area contributed by atoms with Crippen molar-refractivity contribution in [1.29, 1.82) is 0 Å². The summed E-state index contributed by atoms with van der Waals surface area (Å²) >= 11 is 1.15. The van der Waals surface area contributed by atoms with Gasteiger partial charge in [-0.2, -0.15) is 0 Å². The Hall–Kier alpha value is -0.610. The zero-order valence-electron chi connectivity index (χ0n) is 6.52. The lowest BCUT2D eigenvalue weighted by molar-refractivity contribution is 0.138.